The molecule has 0 aromatic carbocycles. The minimum atomic E-state index is -0.784. The lowest BCUT2D eigenvalue weighted by molar-refractivity contribution is -0.167. The summed E-state index contributed by atoms with van der Waals surface area (Å²) < 4.78 is 17.0. The highest BCUT2D eigenvalue weighted by atomic mass is 16.6. The summed E-state index contributed by atoms with van der Waals surface area (Å²) in [5.41, 5.74) is 0. The topological polar surface area (TPSA) is 78.9 Å². The first-order valence-electron chi connectivity index (χ1n) is 34.6. The first-order chi connectivity index (χ1) is 39.5. The first kappa shape index (κ1) is 76.6. The maximum atomic E-state index is 12.9. The van der Waals surface area contributed by atoms with Crippen molar-refractivity contribution in [2.45, 2.75) is 354 Å². The molecule has 0 fully saturated rings. The highest BCUT2D eigenvalue weighted by Gasteiger charge is 2.19. The molecule has 462 valence electrons. The number of hydrogen-bond donors (Lipinski definition) is 0. The van der Waals surface area contributed by atoms with Crippen LogP contribution in [0.4, 0.5) is 0 Å². The van der Waals surface area contributed by atoms with Gasteiger partial charge in [0.2, 0.25) is 0 Å². The number of rotatable bonds is 63. The third kappa shape index (κ3) is 65.4. The zero-order valence-electron chi connectivity index (χ0n) is 53.1. The minimum Gasteiger partial charge on any atom is -0.462 e. The van der Waals surface area contributed by atoms with Crippen LogP contribution in [0.25, 0.3) is 0 Å². The van der Waals surface area contributed by atoms with Crippen LogP contribution in [0.3, 0.4) is 0 Å². The molecule has 1 unspecified atom stereocenters. The summed E-state index contributed by atoms with van der Waals surface area (Å²) in [5.74, 6) is -0.879. The van der Waals surface area contributed by atoms with Gasteiger partial charge in [0.25, 0.3) is 0 Å². The number of hydrogen-bond acceptors (Lipinski definition) is 6. The fourth-order valence-electron chi connectivity index (χ4n) is 9.93. The van der Waals surface area contributed by atoms with Crippen molar-refractivity contribution in [1.29, 1.82) is 0 Å². The van der Waals surface area contributed by atoms with Crippen LogP contribution < -0.4 is 0 Å². The number of ether oxygens (including phenoxy) is 3. The number of allylic oxidation sites excluding steroid dienone is 14. The average molecular weight is 1120 g/mol. The molecular weight excluding hydrogens is 985 g/mol. The predicted octanol–water partition coefficient (Wildman–Crippen LogP) is 23.8. The van der Waals surface area contributed by atoms with Crippen molar-refractivity contribution in [3.05, 3.63) is 85.1 Å². The van der Waals surface area contributed by atoms with E-state index in [2.05, 4.69) is 106 Å². The van der Waals surface area contributed by atoms with Crippen molar-refractivity contribution in [2.75, 3.05) is 13.2 Å². The molecule has 1 atom stereocenters. The number of unbranched alkanes of at least 4 members (excludes halogenated alkanes) is 38. The second kappa shape index (κ2) is 68.1. The van der Waals surface area contributed by atoms with Gasteiger partial charge in [-0.15, -0.1) is 0 Å². The Kier molecular flexibility index (Phi) is 65.2. The van der Waals surface area contributed by atoms with Crippen molar-refractivity contribution in [3.8, 4) is 0 Å². The standard InChI is InChI=1S/C74H130O6/c1-4-7-10-13-16-19-22-25-28-30-31-32-33-34-35-36-37-38-39-40-41-42-43-44-47-49-52-55-58-61-64-67-73(76)79-70-71(69-78-72(75)66-63-60-57-54-51-48-45-27-24-21-18-15-12-9-6-3)80-74(77)68-65-62-59-56-53-50-46-29-26-23-20-17-14-11-8-5-2/h7,10,16,19,25,27-29,31-32,34-35,45-46,71H,4-6,8-9,11-15,17-18,20-24,26,30,33,36-44,47-70H2,1-3H3/b10-7-,19-16-,28-25-,32-31-,35-34-,45-27-,46-29-. The van der Waals surface area contributed by atoms with Gasteiger partial charge in [0.15, 0.2) is 6.10 Å². The molecule has 0 rings (SSSR count). The minimum absolute atomic E-state index is 0.0792. The summed E-state index contributed by atoms with van der Waals surface area (Å²) in [4.78, 5) is 38.4. The van der Waals surface area contributed by atoms with Gasteiger partial charge in [-0.3, -0.25) is 14.4 Å². The Morgan fingerprint density at radius 3 is 0.775 bits per heavy atom. The van der Waals surface area contributed by atoms with Crippen LogP contribution in [0, 0.1) is 0 Å². The Bertz CT molecular complexity index is 1520. The molecule has 0 aliphatic rings. The van der Waals surface area contributed by atoms with E-state index in [4.69, 9.17) is 14.2 Å². The van der Waals surface area contributed by atoms with Crippen LogP contribution >= 0.6 is 0 Å². The van der Waals surface area contributed by atoms with Crippen molar-refractivity contribution in [2.24, 2.45) is 0 Å². The largest absolute Gasteiger partial charge is 0.462 e. The number of esters is 3. The fourth-order valence-corrected chi connectivity index (χ4v) is 9.93. The molecule has 6 heteroatoms. The van der Waals surface area contributed by atoms with E-state index in [9.17, 15) is 14.4 Å². The zero-order chi connectivity index (χ0) is 57.8. The van der Waals surface area contributed by atoms with Gasteiger partial charge in [-0.25, -0.2) is 0 Å². The Morgan fingerprint density at radius 2 is 0.487 bits per heavy atom. The van der Waals surface area contributed by atoms with E-state index in [-0.39, 0.29) is 31.1 Å². The average Bonchev–Trinajstić information content (AvgIpc) is 3.46. The van der Waals surface area contributed by atoms with E-state index >= 15 is 0 Å². The lowest BCUT2D eigenvalue weighted by atomic mass is 10.0. The molecule has 0 saturated carbocycles. The van der Waals surface area contributed by atoms with Gasteiger partial charge in [0.1, 0.15) is 13.2 Å². The lowest BCUT2D eigenvalue weighted by Gasteiger charge is -2.18. The summed E-state index contributed by atoms with van der Waals surface area (Å²) >= 11 is 0. The van der Waals surface area contributed by atoms with Gasteiger partial charge in [-0.1, -0.05) is 298 Å². The van der Waals surface area contributed by atoms with Gasteiger partial charge in [0.05, 0.1) is 0 Å². The second-order valence-corrected chi connectivity index (χ2v) is 23.1. The molecule has 0 radical (unpaired) electrons. The van der Waals surface area contributed by atoms with Gasteiger partial charge in [0, 0.05) is 19.3 Å². The monoisotopic (exact) mass is 1110 g/mol. The van der Waals surface area contributed by atoms with E-state index < -0.39 is 6.10 Å². The first-order valence-corrected chi connectivity index (χ1v) is 34.6. The van der Waals surface area contributed by atoms with E-state index in [1.165, 1.54) is 199 Å². The number of carbonyl (C=O) groups excluding carboxylic acids is 3. The van der Waals surface area contributed by atoms with Crippen LogP contribution in [0.2, 0.25) is 0 Å². The van der Waals surface area contributed by atoms with Gasteiger partial charge in [-0.05, 0) is 116 Å². The number of carbonyl (C=O) groups is 3. The van der Waals surface area contributed by atoms with Crippen molar-refractivity contribution in [3.63, 3.8) is 0 Å². The van der Waals surface area contributed by atoms with Crippen LogP contribution in [0.5, 0.6) is 0 Å². The smallest absolute Gasteiger partial charge is 0.306 e. The Morgan fingerprint density at radius 1 is 0.263 bits per heavy atom. The molecule has 0 amide bonds. The van der Waals surface area contributed by atoms with E-state index in [0.717, 1.165) is 109 Å². The molecule has 0 aromatic rings. The quantitative estimate of drug-likeness (QED) is 0.0261. The van der Waals surface area contributed by atoms with Crippen molar-refractivity contribution in [1.82, 2.24) is 0 Å². The third-order valence-electron chi connectivity index (χ3n) is 15.1. The molecule has 0 bridgehead atoms. The van der Waals surface area contributed by atoms with Gasteiger partial charge >= 0.3 is 17.9 Å². The summed E-state index contributed by atoms with van der Waals surface area (Å²) in [6, 6.07) is 0. The Labute approximate surface area is 496 Å². The molecule has 0 aliphatic carbocycles. The summed E-state index contributed by atoms with van der Waals surface area (Å²) in [6.07, 6.45) is 90.3. The summed E-state index contributed by atoms with van der Waals surface area (Å²) in [6.45, 7) is 6.55. The molecule has 6 nitrogen and oxygen atoms in total. The van der Waals surface area contributed by atoms with Crippen molar-refractivity contribution >= 4 is 17.9 Å². The van der Waals surface area contributed by atoms with E-state index in [1.54, 1.807) is 0 Å². The lowest BCUT2D eigenvalue weighted by Crippen LogP contribution is -2.30. The highest BCUT2D eigenvalue weighted by Crippen LogP contribution is 2.17. The van der Waals surface area contributed by atoms with Gasteiger partial charge < -0.3 is 14.2 Å². The highest BCUT2D eigenvalue weighted by molar-refractivity contribution is 5.71. The van der Waals surface area contributed by atoms with Crippen LogP contribution in [-0.2, 0) is 28.6 Å². The third-order valence-corrected chi connectivity index (χ3v) is 15.1. The SMILES string of the molecule is CC/C=C\C/C=C\C/C=C\C/C=C\C/C=C\CCCCCCCCCCCCCCCCCC(=O)OCC(COC(=O)CCCCCCC/C=C\CCCCCCCC)OC(=O)CCCCCCC/C=C\CCCCCCCCC. The van der Waals surface area contributed by atoms with E-state index in [0.29, 0.717) is 19.3 Å². The van der Waals surface area contributed by atoms with Gasteiger partial charge in [-0.2, -0.15) is 0 Å². The summed E-state index contributed by atoms with van der Waals surface area (Å²) in [7, 11) is 0. The molecule has 80 heavy (non-hydrogen) atoms. The van der Waals surface area contributed by atoms with Crippen LogP contribution in [0.15, 0.2) is 85.1 Å². The van der Waals surface area contributed by atoms with E-state index in [1.807, 2.05) is 0 Å². The molecule has 0 spiro atoms. The fraction of sp³-hybridized carbons (Fsp3) is 0.770. The second-order valence-electron chi connectivity index (χ2n) is 23.1. The molecule has 0 N–H and O–H groups in total. The van der Waals surface area contributed by atoms with Crippen LogP contribution in [-0.4, -0.2) is 37.2 Å². The molecule has 0 aromatic heterocycles. The molecule has 0 saturated heterocycles. The summed E-state index contributed by atoms with van der Waals surface area (Å²) in [5, 5.41) is 0. The molecular formula is C74H130O6. The van der Waals surface area contributed by atoms with Crippen LogP contribution in [0.1, 0.15) is 348 Å². The molecule has 0 heterocycles. The van der Waals surface area contributed by atoms with Crippen molar-refractivity contribution < 1.29 is 28.6 Å². The molecule has 0 aliphatic heterocycles. The Balaban J connectivity index is 4.23. The predicted molar refractivity (Wildman–Crippen MR) is 348 cm³/mol. The maximum absolute atomic E-state index is 12.9. The zero-order valence-corrected chi connectivity index (χ0v) is 53.1. The normalized spacial score (nSPS) is 12.6. The Hall–Kier alpha value is -3.41. The maximum Gasteiger partial charge on any atom is 0.306 e.